The number of nitrogens with zero attached hydrogens (tertiary/aromatic N) is 1. The van der Waals surface area contributed by atoms with E-state index in [1.807, 2.05) is 43.1 Å². The summed E-state index contributed by atoms with van der Waals surface area (Å²) in [4.78, 5) is 1.95. The standard InChI is InChI=1S/C15H16ClFN2/c1-10(11-3-5-12(16)6-4-11)19(2)15-9-13(17)7-8-14(15)18/h3-10H,18H2,1-2H3. The van der Waals surface area contributed by atoms with Crippen molar-refractivity contribution in [2.75, 3.05) is 17.7 Å². The van der Waals surface area contributed by atoms with Crippen molar-refractivity contribution >= 4 is 23.0 Å². The molecule has 0 radical (unpaired) electrons. The Bertz CT molecular complexity index is 569. The molecule has 0 amide bonds. The Labute approximate surface area is 117 Å². The molecular weight excluding hydrogens is 263 g/mol. The van der Waals surface area contributed by atoms with Crippen molar-refractivity contribution in [2.45, 2.75) is 13.0 Å². The molecular formula is C15H16ClFN2. The fraction of sp³-hybridized carbons (Fsp3) is 0.200. The average Bonchev–Trinajstić information content (AvgIpc) is 2.41. The molecule has 2 N–H and O–H groups in total. The van der Waals surface area contributed by atoms with Crippen LogP contribution in [0.5, 0.6) is 0 Å². The molecule has 0 saturated heterocycles. The predicted octanol–water partition coefficient (Wildman–Crippen LogP) is 4.26. The highest BCUT2D eigenvalue weighted by molar-refractivity contribution is 6.30. The number of halogens is 2. The molecule has 0 spiro atoms. The molecule has 1 atom stereocenters. The van der Waals surface area contributed by atoms with E-state index in [9.17, 15) is 4.39 Å². The van der Waals surface area contributed by atoms with Crippen LogP contribution in [0.1, 0.15) is 18.5 Å². The SMILES string of the molecule is CC(c1ccc(Cl)cc1)N(C)c1cc(F)ccc1N. The van der Waals surface area contributed by atoms with Gasteiger partial charge < -0.3 is 10.6 Å². The number of nitrogen functional groups attached to an aromatic ring is 1. The minimum absolute atomic E-state index is 0.0707. The van der Waals surface area contributed by atoms with E-state index in [0.717, 1.165) is 5.56 Å². The van der Waals surface area contributed by atoms with Gasteiger partial charge in [-0.15, -0.1) is 0 Å². The second-order valence-corrected chi connectivity index (χ2v) is 4.98. The van der Waals surface area contributed by atoms with Gasteiger partial charge in [0.05, 0.1) is 17.4 Å². The van der Waals surface area contributed by atoms with E-state index in [-0.39, 0.29) is 11.9 Å². The molecule has 0 aliphatic heterocycles. The molecule has 2 aromatic rings. The van der Waals surface area contributed by atoms with Crippen LogP contribution >= 0.6 is 11.6 Å². The third-order valence-corrected chi connectivity index (χ3v) is 3.56. The Kier molecular flexibility index (Phi) is 3.96. The maximum atomic E-state index is 13.3. The summed E-state index contributed by atoms with van der Waals surface area (Å²) >= 11 is 5.88. The molecule has 2 aromatic carbocycles. The zero-order chi connectivity index (χ0) is 14.0. The van der Waals surface area contributed by atoms with Crippen LogP contribution in [0.4, 0.5) is 15.8 Å². The Morgan fingerprint density at radius 3 is 2.42 bits per heavy atom. The Hall–Kier alpha value is -1.74. The highest BCUT2D eigenvalue weighted by Crippen LogP contribution is 2.30. The minimum atomic E-state index is -0.292. The molecule has 0 fully saturated rings. The van der Waals surface area contributed by atoms with Crippen LogP contribution in [0.2, 0.25) is 5.02 Å². The van der Waals surface area contributed by atoms with Crippen LogP contribution in [-0.2, 0) is 0 Å². The average molecular weight is 279 g/mol. The third-order valence-electron chi connectivity index (χ3n) is 3.31. The normalized spacial score (nSPS) is 12.2. The molecule has 4 heteroatoms. The Morgan fingerprint density at radius 1 is 1.16 bits per heavy atom. The summed E-state index contributed by atoms with van der Waals surface area (Å²) in [7, 11) is 1.89. The molecule has 0 saturated carbocycles. The minimum Gasteiger partial charge on any atom is -0.397 e. The summed E-state index contributed by atoms with van der Waals surface area (Å²) in [6.07, 6.45) is 0. The number of benzene rings is 2. The second-order valence-electron chi connectivity index (χ2n) is 4.54. The van der Waals surface area contributed by atoms with Gasteiger partial charge in [0.1, 0.15) is 5.82 Å². The number of hydrogen-bond acceptors (Lipinski definition) is 2. The molecule has 1 unspecified atom stereocenters. The summed E-state index contributed by atoms with van der Waals surface area (Å²) in [5.41, 5.74) is 8.24. The first kappa shape index (κ1) is 13.7. The first-order valence-electron chi connectivity index (χ1n) is 6.02. The highest BCUT2D eigenvalue weighted by Gasteiger charge is 2.15. The maximum Gasteiger partial charge on any atom is 0.125 e. The van der Waals surface area contributed by atoms with Crippen LogP contribution in [0.15, 0.2) is 42.5 Å². The van der Waals surface area contributed by atoms with Crippen LogP contribution in [0.25, 0.3) is 0 Å². The summed E-state index contributed by atoms with van der Waals surface area (Å²) in [6, 6.07) is 12.1. The smallest absolute Gasteiger partial charge is 0.125 e. The predicted molar refractivity (Wildman–Crippen MR) is 79.1 cm³/mol. The van der Waals surface area contributed by atoms with Gasteiger partial charge >= 0.3 is 0 Å². The second kappa shape index (κ2) is 5.49. The topological polar surface area (TPSA) is 29.3 Å². The molecule has 2 rings (SSSR count). The van der Waals surface area contributed by atoms with E-state index in [1.165, 1.54) is 12.1 Å². The summed E-state index contributed by atoms with van der Waals surface area (Å²) < 4.78 is 13.3. The van der Waals surface area contributed by atoms with Gasteiger partial charge in [0, 0.05) is 12.1 Å². The lowest BCUT2D eigenvalue weighted by Gasteiger charge is -2.28. The summed E-state index contributed by atoms with van der Waals surface area (Å²) in [5.74, 6) is -0.292. The largest absolute Gasteiger partial charge is 0.397 e. The van der Waals surface area contributed by atoms with Crippen molar-refractivity contribution < 1.29 is 4.39 Å². The van der Waals surface area contributed by atoms with E-state index >= 15 is 0 Å². The Morgan fingerprint density at radius 2 is 1.79 bits per heavy atom. The fourth-order valence-corrected chi connectivity index (χ4v) is 2.12. The first-order valence-corrected chi connectivity index (χ1v) is 6.40. The lowest BCUT2D eigenvalue weighted by molar-refractivity contribution is 0.625. The third kappa shape index (κ3) is 2.99. The summed E-state index contributed by atoms with van der Waals surface area (Å²) in [6.45, 7) is 2.04. The number of anilines is 2. The zero-order valence-electron chi connectivity index (χ0n) is 10.9. The van der Waals surface area contributed by atoms with Crippen LogP contribution in [-0.4, -0.2) is 7.05 Å². The molecule has 0 aliphatic carbocycles. The van der Waals surface area contributed by atoms with E-state index in [4.69, 9.17) is 17.3 Å². The molecule has 100 valence electrons. The molecule has 19 heavy (non-hydrogen) atoms. The number of nitrogens with two attached hydrogens (primary N) is 1. The van der Waals surface area contributed by atoms with Gasteiger partial charge in [0.25, 0.3) is 0 Å². The number of hydrogen-bond donors (Lipinski definition) is 1. The van der Waals surface area contributed by atoms with E-state index in [0.29, 0.717) is 16.4 Å². The van der Waals surface area contributed by atoms with Crippen LogP contribution in [0.3, 0.4) is 0 Å². The van der Waals surface area contributed by atoms with Crippen LogP contribution in [0, 0.1) is 5.82 Å². The summed E-state index contributed by atoms with van der Waals surface area (Å²) in [5, 5.41) is 0.698. The lowest BCUT2D eigenvalue weighted by Crippen LogP contribution is -2.22. The molecule has 0 bridgehead atoms. The van der Waals surface area contributed by atoms with Gasteiger partial charge in [-0.3, -0.25) is 0 Å². The van der Waals surface area contributed by atoms with Crippen molar-refractivity contribution in [1.82, 2.24) is 0 Å². The van der Waals surface area contributed by atoms with Crippen molar-refractivity contribution in [3.05, 3.63) is 58.9 Å². The molecule has 0 aromatic heterocycles. The lowest BCUT2D eigenvalue weighted by atomic mass is 10.1. The van der Waals surface area contributed by atoms with Crippen molar-refractivity contribution in [2.24, 2.45) is 0 Å². The Balaban J connectivity index is 2.30. The molecule has 0 aliphatic rings. The van der Waals surface area contributed by atoms with Gasteiger partial charge in [0.15, 0.2) is 0 Å². The van der Waals surface area contributed by atoms with Gasteiger partial charge in [-0.25, -0.2) is 4.39 Å². The van der Waals surface area contributed by atoms with E-state index in [1.54, 1.807) is 6.07 Å². The van der Waals surface area contributed by atoms with Crippen molar-refractivity contribution in [3.63, 3.8) is 0 Å². The monoisotopic (exact) mass is 278 g/mol. The van der Waals surface area contributed by atoms with E-state index in [2.05, 4.69) is 0 Å². The quantitative estimate of drug-likeness (QED) is 0.850. The van der Waals surface area contributed by atoms with Crippen LogP contribution < -0.4 is 10.6 Å². The van der Waals surface area contributed by atoms with Gasteiger partial charge in [-0.2, -0.15) is 0 Å². The zero-order valence-corrected chi connectivity index (χ0v) is 11.7. The number of rotatable bonds is 3. The van der Waals surface area contributed by atoms with Gasteiger partial charge in [-0.05, 0) is 42.8 Å². The first-order chi connectivity index (χ1) is 8.99. The van der Waals surface area contributed by atoms with Gasteiger partial charge in [-0.1, -0.05) is 23.7 Å². The van der Waals surface area contributed by atoms with Crippen molar-refractivity contribution in [3.8, 4) is 0 Å². The maximum absolute atomic E-state index is 13.3. The van der Waals surface area contributed by atoms with E-state index < -0.39 is 0 Å². The highest BCUT2D eigenvalue weighted by atomic mass is 35.5. The van der Waals surface area contributed by atoms with Crippen molar-refractivity contribution in [1.29, 1.82) is 0 Å². The molecule has 2 nitrogen and oxygen atoms in total. The fourth-order valence-electron chi connectivity index (χ4n) is 2.00. The van der Waals surface area contributed by atoms with Gasteiger partial charge in [0.2, 0.25) is 0 Å². The molecule has 0 heterocycles.